The molecule has 0 saturated carbocycles. The highest BCUT2D eigenvalue weighted by Gasteiger charge is 2.18. The molecule has 0 aliphatic carbocycles. The number of carboxylic acid groups (broad SMARTS) is 1. The number of carbonyl (C=O) groups is 1. The summed E-state index contributed by atoms with van der Waals surface area (Å²) in [6, 6.07) is 18.2. The Balaban J connectivity index is 1.98. The van der Waals surface area contributed by atoms with E-state index in [-0.39, 0.29) is 4.88 Å². The lowest BCUT2D eigenvalue weighted by Gasteiger charge is -2.02. The van der Waals surface area contributed by atoms with Crippen LogP contribution in [0.5, 0.6) is 0 Å². The van der Waals surface area contributed by atoms with Gasteiger partial charge in [-0.25, -0.2) is 9.78 Å². The van der Waals surface area contributed by atoms with E-state index in [0.29, 0.717) is 22.1 Å². The minimum Gasteiger partial charge on any atom is -0.477 e. The average Bonchev–Trinajstić information content (AvgIpc) is 3.00. The molecule has 0 unspecified atom stereocenters. The van der Waals surface area contributed by atoms with Gasteiger partial charge in [0.2, 0.25) is 0 Å². The Kier molecular flexibility index (Phi) is 4.04. The smallest absolute Gasteiger partial charge is 0.348 e. The van der Waals surface area contributed by atoms with E-state index in [9.17, 15) is 9.90 Å². The van der Waals surface area contributed by atoms with Crippen LogP contribution in [-0.2, 0) is 0 Å². The maximum atomic E-state index is 11.5. The molecule has 0 atom stereocenters. The number of aromatic nitrogens is 1. The van der Waals surface area contributed by atoms with E-state index in [1.54, 1.807) is 24.3 Å². The zero-order valence-corrected chi connectivity index (χ0v) is 12.7. The van der Waals surface area contributed by atoms with Crippen LogP contribution in [0.3, 0.4) is 0 Å². The second-order valence-electron chi connectivity index (χ2n) is 4.69. The summed E-state index contributed by atoms with van der Waals surface area (Å²) in [5.41, 5.74) is 2.39. The Morgan fingerprint density at radius 2 is 1.96 bits per heavy atom. The lowest BCUT2D eigenvalue weighted by molar-refractivity contribution is 0.0702. The Labute approximate surface area is 136 Å². The number of hydrogen-bond acceptors (Lipinski definition) is 5. The maximum Gasteiger partial charge on any atom is 0.348 e. The van der Waals surface area contributed by atoms with Gasteiger partial charge in [-0.1, -0.05) is 47.7 Å². The van der Waals surface area contributed by atoms with Gasteiger partial charge in [-0.15, -0.1) is 0 Å². The number of anilines is 2. The normalized spacial score (nSPS) is 10.0. The van der Waals surface area contributed by atoms with Crippen molar-refractivity contribution in [3.05, 3.63) is 65.0 Å². The summed E-state index contributed by atoms with van der Waals surface area (Å²) in [5.74, 6) is -1.01. The second kappa shape index (κ2) is 6.30. The van der Waals surface area contributed by atoms with E-state index >= 15 is 0 Å². The van der Waals surface area contributed by atoms with Crippen LogP contribution in [0.4, 0.5) is 10.8 Å². The highest BCUT2D eigenvalue weighted by atomic mass is 32.1. The number of hydrogen-bond donors (Lipinski definition) is 2. The van der Waals surface area contributed by atoms with Gasteiger partial charge in [0.15, 0.2) is 5.13 Å². The van der Waals surface area contributed by atoms with Crippen LogP contribution in [0.1, 0.15) is 15.2 Å². The molecule has 1 aromatic heterocycles. The largest absolute Gasteiger partial charge is 0.477 e. The molecule has 0 aliphatic heterocycles. The quantitative estimate of drug-likeness (QED) is 0.754. The highest BCUT2D eigenvalue weighted by molar-refractivity contribution is 7.18. The number of nitrogens with zero attached hydrogens (tertiary/aromatic N) is 2. The molecule has 23 heavy (non-hydrogen) atoms. The first-order valence-electron chi connectivity index (χ1n) is 6.74. The van der Waals surface area contributed by atoms with Gasteiger partial charge >= 0.3 is 5.97 Å². The van der Waals surface area contributed by atoms with Gasteiger partial charge in [-0.05, 0) is 18.2 Å². The molecule has 0 spiro atoms. The van der Waals surface area contributed by atoms with Gasteiger partial charge in [0, 0.05) is 11.3 Å². The highest BCUT2D eigenvalue weighted by Crippen LogP contribution is 2.32. The van der Waals surface area contributed by atoms with Gasteiger partial charge in [-0.3, -0.25) is 0 Å². The molecule has 3 rings (SSSR count). The van der Waals surface area contributed by atoms with Crippen molar-refractivity contribution in [3.8, 4) is 17.3 Å². The summed E-state index contributed by atoms with van der Waals surface area (Å²) >= 11 is 1.07. The van der Waals surface area contributed by atoms with Crippen molar-refractivity contribution in [1.29, 1.82) is 5.26 Å². The first-order chi connectivity index (χ1) is 11.2. The molecule has 5 nitrogen and oxygen atoms in total. The number of thiazole rings is 1. The van der Waals surface area contributed by atoms with E-state index < -0.39 is 5.97 Å². The Morgan fingerprint density at radius 3 is 2.65 bits per heavy atom. The van der Waals surface area contributed by atoms with E-state index in [1.165, 1.54) is 0 Å². The van der Waals surface area contributed by atoms with E-state index in [1.807, 2.05) is 30.3 Å². The van der Waals surface area contributed by atoms with Crippen LogP contribution in [0.15, 0.2) is 54.6 Å². The summed E-state index contributed by atoms with van der Waals surface area (Å²) in [7, 11) is 0. The minimum atomic E-state index is -1.01. The van der Waals surface area contributed by atoms with Crippen LogP contribution in [-0.4, -0.2) is 16.1 Å². The lowest BCUT2D eigenvalue weighted by atomic mass is 10.1. The van der Waals surface area contributed by atoms with E-state index in [0.717, 1.165) is 16.9 Å². The predicted molar refractivity (Wildman–Crippen MR) is 88.9 cm³/mol. The van der Waals surface area contributed by atoms with Crippen molar-refractivity contribution in [2.75, 3.05) is 5.32 Å². The van der Waals surface area contributed by atoms with Crippen molar-refractivity contribution < 1.29 is 9.90 Å². The van der Waals surface area contributed by atoms with Crippen LogP contribution < -0.4 is 5.32 Å². The molecule has 0 amide bonds. The number of rotatable bonds is 4. The van der Waals surface area contributed by atoms with E-state index in [2.05, 4.69) is 16.4 Å². The van der Waals surface area contributed by atoms with Crippen molar-refractivity contribution in [2.24, 2.45) is 0 Å². The van der Waals surface area contributed by atoms with Gasteiger partial charge in [0.1, 0.15) is 4.88 Å². The zero-order chi connectivity index (χ0) is 16.2. The van der Waals surface area contributed by atoms with E-state index in [4.69, 9.17) is 5.26 Å². The Morgan fingerprint density at radius 1 is 1.17 bits per heavy atom. The van der Waals surface area contributed by atoms with Crippen LogP contribution in [0, 0.1) is 11.3 Å². The number of nitrogens with one attached hydrogen (secondary N) is 1. The first-order valence-corrected chi connectivity index (χ1v) is 7.56. The molecule has 2 aromatic carbocycles. The van der Waals surface area contributed by atoms with Crippen LogP contribution >= 0.6 is 11.3 Å². The predicted octanol–water partition coefficient (Wildman–Crippen LogP) is 4.12. The Bertz CT molecular complexity index is 898. The first kappa shape index (κ1) is 14.8. The standard InChI is InChI=1S/C17H11N3O2S/c18-10-11-5-4-8-13(9-11)19-17-20-14(15(23-17)16(21)22)12-6-2-1-3-7-12/h1-9H,(H,19,20)(H,21,22). The fraction of sp³-hybridized carbons (Fsp3) is 0. The second-order valence-corrected chi connectivity index (χ2v) is 5.68. The SMILES string of the molecule is N#Cc1cccc(Nc2nc(-c3ccccc3)c(C(=O)O)s2)c1. The summed E-state index contributed by atoms with van der Waals surface area (Å²) in [6.45, 7) is 0. The molecule has 1 heterocycles. The lowest BCUT2D eigenvalue weighted by Crippen LogP contribution is -1.95. The minimum absolute atomic E-state index is 0.176. The third-order valence-corrected chi connectivity index (χ3v) is 4.07. The third kappa shape index (κ3) is 3.20. The Hall–Kier alpha value is -3.17. The molecule has 0 saturated heterocycles. The van der Waals surface area contributed by atoms with Crippen molar-refractivity contribution in [2.45, 2.75) is 0 Å². The molecular formula is C17H11N3O2S. The fourth-order valence-electron chi connectivity index (χ4n) is 2.10. The molecule has 6 heteroatoms. The van der Waals surface area contributed by atoms with Crippen LogP contribution in [0.25, 0.3) is 11.3 Å². The summed E-state index contributed by atoms with van der Waals surface area (Å²) in [5, 5.41) is 21.8. The summed E-state index contributed by atoms with van der Waals surface area (Å²) in [4.78, 5) is 16.0. The molecule has 0 radical (unpaired) electrons. The number of nitriles is 1. The van der Waals surface area contributed by atoms with Crippen molar-refractivity contribution in [1.82, 2.24) is 4.98 Å². The van der Waals surface area contributed by atoms with Crippen molar-refractivity contribution in [3.63, 3.8) is 0 Å². The van der Waals surface area contributed by atoms with Crippen LogP contribution in [0.2, 0.25) is 0 Å². The molecule has 0 bridgehead atoms. The number of carboxylic acids is 1. The average molecular weight is 321 g/mol. The van der Waals surface area contributed by atoms with Gasteiger partial charge in [0.25, 0.3) is 0 Å². The maximum absolute atomic E-state index is 11.5. The van der Waals surface area contributed by atoms with Gasteiger partial charge in [0.05, 0.1) is 17.3 Å². The van der Waals surface area contributed by atoms with Gasteiger partial charge < -0.3 is 10.4 Å². The topological polar surface area (TPSA) is 86.0 Å². The molecule has 3 aromatic rings. The van der Waals surface area contributed by atoms with Gasteiger partial charge in [-0.2, -0.15) is 5.26 Å². The molecular weight excluding hydrogens is 310 g/mol. The number of aromatic carboxylic acids is 1. The third-order valence-electron chi connectivity index (χ3n) is 3.11. The summed E-state index contributed by atoms with van der Waals surface area (Å²) < 4.78 is 0. The molecule has 0 aliphatic rings. The molecule has 112 valence electrons. The summed E-state index contributed by atoms with van der Waals surface area (Å²) in [6.07, 6.45) is 0. The number of benzene rings is 2. The molecule has 0 fully saturated rings. The molecule has 2 N–H and O–H groups in total. The van der Waals surface area contributed by atoms with Crippen molar-refractivity contribution >= 4 is 28.1 Å². The fourth-order valence-corrected chi connectivity index (χ4v) is 2.95. The monoisotopic (exact) mass is 321 g/mol. The zero-order valence-electron chi connectivity index (χ0n) is 11.9.